The monoisotopic (exact) mass is 465 g/mol. The van der Waals surface area contributed by atoms with Gasteiger partial charge in [-0.2, -0.15) is 0 Å². The van der Waals surface area contributed by atoms with Crippen molar-refractivity contribution in [3.05, 3.63) is 35.9 Å². The number of primary amides is 1. The van der Waals surface area contributed by atoms with Crippen LogP contribution in [-0.4, -0.2) is 70.6 Å². The van der Waals surface area contributed by atoms with Crippen molar-refractivity contribution in [2.24, 2.45) is 17.4 Å². The molecule has 9 N–H and O–H groups in total. The van der Waals surface area contributed by atoms with E-state index in [0.717, 1.165) is 0 Å². The van der Waals surface area contributed by atoms with Gasteiger partial charge >= 0.3 is 5.97 Å². The van der Waals surface area contributed by atoms with Gasteiger partial charge in [0.15, 0.2) is 0 Å². The maximum atomic E-state index is 12.8. The van der Waals surface area contributed by atoms with Crippen LogP contribution in [0.5, 0.6) is 0 Å². The fourth-order valence-corrected chi connectivity index (χ4v) is 2.87. The second-order valence-corrected chi connectivity index (χ2v) is 7.84. The summed E-state index contributed by atoms with van der Waals surface area (Å²) in [6.07, 6.45) is -0.618. The van der Waals surface area contributed by atoms with Crippen molar-refractivity contribution in [2.45, 2.75) is 50.9 Å². The Morgan fingerprint density at radius 1 is 0.909 bits per heavy atom. The molecule has 1 aromatic carbocycles. The predicted octanol–water partition coefficient (Wildman–Crippen LogP) is -2.38. The van der Waals surface area contributed by atoms with E-state index >= 15 is 0 Å². The van der Waals surface area contributed by atoms with E-state index in [1.807, 2.05) is 0 Å². The molecule has 33 heavy (non-hydrogen) atoms. The van der Waals surface area contributed by atoms with E-state index in [4.69, 9.17) is 16.6 Å². The average molecular weight is 466 g/mol. The molecule has 4 unspecified atom stereocenters. The molecule has 12 heteroatoms. The molecule has 1 rings (SSSR count). The lowest BCUT2D eigenvalue weighted by molar-refractivity contribution is -0.142. The molecule has 0 aliphatic heterocycles. The van der Waals surface area contributed by atoms with Gasteiger partial charge in [0.25, 0.3) is 0 Å². The molecule has 0 saturated carbocycles. The number of carboxylic acids is 1. The molecule has 0 aliphatic carbocycles. The Morgan fingerprint density at radius 3 is 1.97 bits per heavy atom. The van der Waals surface area contributed by atoms with Crippen LogP contribution in [0.25, 0.3) is 0 Å². The van der Waals surface area contributed by atoms with Crippen LogP contribution in [0.15, 0.2) is 30.3 Å². The summed E-state index contributed by atoms with van der Waals surface area (Å²) in [5.74, 6) is -5.16. The summed E-state index contributed by atoms with van der Waals surface area (Å²) >= 11 is 0. The van der Waals surface area contributed by atoms with E-state index in [9.17, 15) is 29.1 Å². The smallest absolute Gasteiger partial charge is 0.326 e. The van der Waals surface area contributed by atoms with E-state index in [1.54, 1.807) is 44.2 Å². The molecular formula is C21H31N5O7. The number of aliphatic hydroxyl groups is 1. The van der Waals surface area contributed by atoms with Gasteiger partial charge in [0.2, 0.25) is 23.6 Å². The standard InChI is InChI=1S/C21H31N5O7/c1-11(2)17(26-18(29)13(22)10-27)20(31)24-14(9-16(23)28)19(30)25-15(21(32)33)8-12-6-4-3-5-7-12/h3-7,11,13-15,17,27H,8-10,22H2,1-2H3,(H2,23,28)(H,24,31)(H,25,30)(H,26,29)(H,32,33). The predicted molar refractivity (Wildman–Crippen MR) is 117 cm³/mol. The molecule has 0 heterocycles. The second kappa shape index (κ2) is 13.1. The number of rotatable bonds is 13. The van der Waals surface area contributed by atoms with E-state index in [2.05, 4.69) is 16.0 Å². The topological polar surface area (TPSA) is 214 Å². The number of hydrogen-bond acceptors (Lipinski definition) is 7. The molecule has 0 fully saturated rings. The van der Waals surface area contributed by atoms with Crippen molar-refractivity contribution in [3.8, 4) is 0 Å². The molecule has 1 aromatic rings. The third-order valence-electron chi connectivity index (χ3n) is 4.72. The number of carbonyl (C=O) groups is 5. The fourth-order valence-electron chi connectivity index (χ4n) is 2.87. The lowest BCUT2D eigenvalue weighted by Gasteiger charge is -2.26. The molecule has 0 aliphatic rings. The highest BCUT2D eigenvalue weighted by atomic mass is 16.4. The van der Waals surface area contributed by atoms with E-state index < -0.39 is 72.7 Å². The Labute approximate surface area is 191 Å². The maximum Gasteiger partial charge on any atom is 0.326 e. The second-order valence-electron chi connectivity index (χ2n) is 7.84. The number of aliphatic carboxylic acids is 1. The third kappa shape index (κ3) is 9.25. The first-order chi connectivity index (χ1) is 15.5. The van der Waals surface area contributed by atoms with E-state index in [0.29, 0.717) is 5.56 Å². The Morgan fingerprint density at radius 2 is 1.48 bits per heavy atom. The van der Waals surface area contributed by atoms with Crippen molar-refractivity contribution in [1.29, 1.82) is 0 Å². The number of benzene rings is 1. The molecule has 12 nitrogen and oxygen atoms in total. The molecular weight excluding hydrogens is 434 g/mol. The molecule has 0 radical (unpaired) electrons. The van der Waals surface area contributed by atoms with Crippen LogP contribution < -0.4 is 27.4 Å². The molecule has 0 aromatic heterocycles. The lowest BCUT2D eigenvalue weighted by atomic mass is 10.0. The summed E-state index contributed by atoms with van der Waals surface area (Å²) < 4.78 is 0. The third-order valence-corrected chi connectivity index (χ3v) is 4.72. The van der Waals surface area contributed by atoms with Crippen LogP contribution in [0.2, 0.25) is 0 Å². The summed E-state index contributed by atoms with van der Waals surface area (Å²) in [5.41, 5.74) is 11.3. The number of carbonyl (C=O) groups excluding carboxylic acids is 4. The van der Waals surface area contributed by atoms with Crippen molar-refractivity contribution in [2.75, 3.05) is 6.61 Å². The molecule has 0 bridgehead atoms. The Kier molecular flexibility index (Phi) is 11.0. The zero-order chi connectivity index (χ0) is 25.1. The Hall–Kier alpha value is -3.51. The molecule has 182 valence electrons. The van der Waals surface area contributed by atoms with Crippen molar-refractivity contribution < 1.29 is 34.2 Å². The van der Waals surface area contributed by atoms with Crippen LogP contribution in [0.1, 0.15) is 25.8 Å². The van der Waals surface area contributed by atoms with Gasteiger partial charge < -0.3 is 37.6 Å². The average Bonchev–Trinajstić information content (AvgIpc) is 2.75. The van der Waals surface area contributed by atoms with Gasteiger partial charge in [-0.1, -0.05) is 44.2 Å². The van der Waals surface area contributed by atoms with Gasteiger partial charge in [-0.25, -0.2) is 4.79 Å². The van der Waals surface area contributed by atoms with Gasteiger partial charge in [-0.15, -0.1) is 0 Å². The van der Waals surface area contributed by atoms with Gasteiger partial charge in [0.05, 0.1) is 13.0 Å². The minimum absolute atomic E-state index is 0.0249. The number of amides is 4. The van der Waals surface area contributed by atoms with Crippen LogP contribution >= 0.6 is 0 Å². The number of aliphatic hydroxyl groups excluding tert-OH is 1. The highest BCUT2D eigenvalue weighted by molar-refractivity contribution is 5.96. The minimum atomic E-state index is -1.47. The SMILES string of the molecule is CC(C)C(NC(=O)C(N)CO)C(=O)NC(CC(N)=O)C(=O)NC(Cc1ccccc1)C(=O)O. The summed E-state index contributed by atoms with van der Waals surface area (Å²) in [4.78, 5) is 60.6. The van der Waals surface area contributed by atoms with Crippen molar-refractivity contribution >= 4 is 29.6 Å². The summed E-state index contributed by atoms with van der Waals surface area (Å²) in [5, 5.41) is 25.5. The molecule has 4 atom stereocenters. The minimum Gasteiger partial charge on any atom is -0.480 e. The van der Waals surface area contributed by atoms with Crippen LogP contribution in [0.4, 0.5) is 0 Å². The highest BCUT2D eigenvalue weighted by Gasteiger charge is 2.32. The van der Waals surface area contributed by atoms with Crippen LogP contribution in [0.3, 0.4) is 0 Å². The molecule has 4 amide bonds. The first kappa shape index (κ1) is 27.5. The largest absolute Gasteiger partial charge is 0.480 e. The van der Waals surface area contributed by atoms with Gasteiger partial charge in [0, 0.05) is 6.42 Å². The maximum absolute atomic E-state index is 12.8. The zero-order valence-corrected chi connectivity index (χ0v) is 18.5. The quantitative estimate of drug-likeness (QED) is 0.167. The fraction of sp³-hybridized carbons (Fsp3) is 0.476. The first-order valence-corrected chi connectivity index (χ1v) is 10.3. The Balaban J connectivity index is 2.98. The van der Waals surface area contributed by atoms with Crippen molar-refractivity contribution in [3.63, 3.8) is 0 Å². The summed E-state index contributed by atoms with van der Waals surface area (Å²) in [6.45, 7) is 2.61. The summed E-state index contributed by atoms with van der Waals surface area (Å²) in [6, 6.07) is 3.39. The van der Waals surface area contributed by atoms with Gasteiger partial charge in [0.1, 0.15) is 24.2 Å². The number of nitrogens with two attached hydrogens (primary N) is 2. The number of nitrogens with one attached hydrogen (secondary N) is 3. The van der Waals surface area contributed by atoms with E-state index in [-0.39, 0.29) is 6.42 Å². The lowest BCUT2D eigenvalue weighted by Crippen LogP contribution is -2.59. The first-order valence-electron chi connectivity index (χ1n) is 10.3. The molecule has 0 saturated heterocycles. The summed E-state index contributed by atoms with van der Waals surface area (Å²) in [7, 11) is 0. The van der Waals surface area contributed by atoms with Gasteiger partial charge in [-0.05, 0) is 11.5 Å². The Bertz CT molecular complexity index is 847. The van der Waals surface area contributed by atoms with Crippen LogP contribution in [0, 0.1) is 5.92 Å². The molecule has 0 spiro atoms. The normalized spacial score (nSPS) is 14.5. The zero-order valence-electron chi connectivity index (χ0n) is 18.5. The van der Waals surface area contributed by atoms with Gasteiger partial charge in [-0.3, -0.25) is 19.2 Å². The number of hydrogen-bond donors (Lipinski definition) is 7. The van der Waals surface area contributed by atoms with Crippen LogP contribution in [-0.2, 0) is 30.4 Å². The van der Waals surface area contributed by atoms with E-state index in [1.165, 1.54) is 0 Å². The highest BCUT2D eigenvalue weighted by Crippen LogP contribution is 2.07. The number of carboxylic acid groups (broad SMARTS) is 1. The van der Waals surface area contributed by atoms with Crippen molar-refractivity contribution in [1.82, 2.24) is 16.0 Å².